The summed E-state index contributed by atoms with van der Waals surface area (Å²) in [5, 5.41) is 3.20. The van der Waals surface area contributed by atoms with Gasteiger partial charge in [0.25, 0.3) is 0 Å². The number of halogens is 1. The quantitative estimate of drug-likeness (QED) is 0.599. The maximum absolute atomic E-state index is 12.6. The van der Waals surface area contributed by atoms with Crippen LogP contribution in [0, 0.1) is 5.82 Å². The van der Waals surface area contributed by atoms with Crippen molar-refractivity contribution in [3.05, 3.63) is 29.6 Å². The van der Waals surface area contributed by atoms with Crippen molar-refractivity contribution in [1.82, 2.24) is 0 Å². The second kappa shape index (κ2) is 2.22. The van der Waals surface area contributed by atoms with Crippen LogP contribution in [0.3, 0.4) is 0 Å². The van der Waals surface area contributed by atoms with Crippen molar-refractivity contribution >= 4 is 5.69 Å². The van der Waals surface area contributed by atoms with E-state index in [2.05, 4.69) is 12.2 Å². The Bertz CT molecular complexity index is 283. The molecule has 0 aliphatic carbocycles. The first-order chi connectivity index (χ1) is 5.25. The van der Waals surface area contributed by atoms with Crippen molar-refractivity contribution < 1.29 is 4.39 Å². The van der Waals surface area contributed by atoms with E-state index in [-0.39, 0.29) is 5.82 Å². The molecule has 1 N–H and O–H groups in total. The normalized spacial score (nSPS) is 21.1. The van der Waals surface area contributed by atoms with E-state index in [0.717, 1.165) is 12.1 Å². The fraction of sp³-hybridized carbons (Fsp3) is 0.333. The van der Waals surface area contributed by atoms with E-state index in [4.69, 9.17) is 0 Å². The molecule has 0 radical (unpaired) electrons. The van der Waals surface area contributed by atoms with Gasteiger partial charge in [0, 0.05) is 11.7 Å². The van der Waals surface area contributed by atoms with Gasteiger partial charge in [-0.1, -0.05) is 6.07 Å². The molecule has 1 aromatic rings. The highest BCUT2D eigenvalue weighted by Crippen LogP contribution is 2.25. The van der Waals surface area contributed by atoms with Gasteiger partial charge in [-0.3, -0.25) is 0 Å². The van der Waals surface area contributed by atoms with Crippen LogP contribution in [0.25, 0.3) is 0 Å². The lowest BCUT2D eigenvalue weighted by atomic mass is 10.1. The first kappa shape index (κ1) is 6.65. The lowest BCUT2D eigenvalue weighted by molar-refractivity contribution is 0.628. The largest absolute Gasteiger partial charge is 0.382 e. The van der Waals surface area contributed by atoms with Gasteiger partial charge in [0.05, 0.1) is 0 Å². The SMILES string of the molecule is C[C@@H]1Cc2ccc(F)cc2N1. The van der Waals surface area contributed by atoms with Crippen LogP contribution in [0.4, 0.5) is 10.1 Å². The molecule has 0 bridgehead atoms. The van der Waals surface area contributed by atoms with E-state index >= 15 is 0 Å². The molecular formula is C9H10FN. The predicted octanol–water partition coefficient (Wildman–Crippen LogP) is 2.18. The Morgan fingerprint density at radius 3 is 3.18 bits per heavy atom. The molecule has 1 aliphatic rings. The van der Waals surface area contributed by atoms with Crippen LogP contribution in [-0.4, -0.2) is 6.04 Å². The molecule has 0 fully saturated rings. The minimum absolute atomic E-state index is 0.162. The molecule has 1 nitrogen and oxygen atoms in total. The lowest BCUT2D eigenvalue weighted by Gasteiger charge is -2.01. The van der Waals surface area contributed by atoms with E-state index in [1.165, 1.54) is 11.6 Å². The lowest BCUT2D eigenvalue weighted by Crippen LogP contribution is -2.08. The molecule has 0 saturated carbocycles. The number of fused-ring (bicyclic) bond motifs is 1. The zero-order chi connectivity index (χ0) is 7.84. The summed E-state index contributed by atoms with van der Waals surface area (Å²) < 4.78 is 12.6. The number of nitrogens with one attached hydrogen (secondary N) is 1. The molecule has 1 aliphatic heterocycles. The molecule has 0 saturated heterocycles. The van der Waals surface area contributed by atoms with Gasteiger partial charge in [-0.25, -0.2) is 4.39 Å². The molecule has 1 heterocycles. The van der Waals surface area contributed by atoms with Crippen molar-refractivity contribution in [3.8, 4) is 0 Å². The Labute approximate surface area is 65.2 Å². The van der Waals surface area contributed by atoms with Gasteiger partial charge in [-0.15, -0.1) is 0 Å². The van der Waals surface area contributed by atoms with Crippen molar-refractivity contribution in [2.24, 2.45) is 0 Å². The van der Waals surface area contributed by atoms with Crippen LogP contribution in [0.5, 0.6) is 0 Å². The van der Waals surface area contributed by atoms with Crippen LogP contribution in [-0.2, 0) is 6.42 Å². The van der Waals surface area contributed by atoms with Crippen molar-refractivity contribution in [1.29, 1.82) is 0 Å². The van der Waals surface area contributed by atoms with E-state index in [0.29, 0.717) is 6.04 Å². The molecule has 1 aromatic carbocycles. The third kappa shape index (κ3) is 1.09. The van der Waals surface area contributed by atoms with Gasteiger partial charge in [0.1, 0.15) is 5.82 Å². The topological polar surface area (TPSA) is 12.0 Å². The van der Waals surface area contributed by atoms with E-state index < -0.39 is 0 Å². The summed E-state index contributed by atoms with van der Waals surface area (Å²) in [5.74, 6) is -0.162. The maximum Gasteiger partial charge on any atom is 0.125 e. The van der Waals surface area contributed by atoms with Crippen LogP contribution in [0.1, 0.15) is 12.5 Å². The first-order valence-electron chi connectivity index (χ1n) is 3.80. The second-order valence-corrected chi connectivity index (χ2v) is 3.05. The second-order valence-electron chi connectivity index (χ2n) is 3.05. The summed E-state index contributed by atoms with van der Waals surface area (Å²) in [6, 6.07) is 5.37. The van der Waals surface area contributed by atoms with Gasteiger partial charge in [-0.05, 0) is 31.0 Å². The Kier molecular flexibility index (Phi) is 1.34. The zero-order valence-corrected chi connectivity index (χ0v) is 6.39. The van der Waals surface area contributed by atoms with Crippen LogP contribution in [0.15, 0.2) is 18.2 Å². The highest BCUT2D eigenvalue weighted by molar-refractivity contribution is 5.56. The smallest absolute Gasteiger partial charge is 0.125 e. The third-order valence-corrected chi connectivity index (χ3v) is 2.00. The molecule has 11 heavy (non-hydrogen) atoms. The van der Waals surface area contributed by atoms with Crippen LogP contribution in [0.2, 0.25) is 0 Å². The number of hydrogen-bond donors (Lipinski definition) is 1. The van der Waals surface area contributed by atoms with Crippen LogP contribution < -0.4 is 5.32 Å². The number of benzene rings is 1. The van der Waals surface area contributed by atoms with Crippen molar-refractivity contribution in [2.75, 3.05) is 5.32 Å². The highest BCUT2D eigenvalue weighted by Gasteiger charge is 2.15. The number of hydrogen-bond acceptors (Lipinski definition) is 1. The standard InChI is InChI=1S/C9H10FN/c1-6-4-7-2-3-8(10)5-9(7)11-6/h2-3,5-6,11H,4H2,1H3/t6-/m1/s1. The Morgan fingerprint density at radius 1 is 1.55 bits per heavy atom. The average molecular weight is 151 g/mol. The molecular weight excluding hydrogens is 141 g/mol. The Morgan fingerprint density at radius 2 is 2.36 bits per heavy atom. The van der Waals surface area contributed by atoms with E-state index in [1.807, 2.05) is 6.07 Å². The summed E-state index contributed by atoms with van der Waals surface area (Å²) in [7, 11) is 0. The summed E-state index contributed by atoms with van der Waals surface area (Å²) >= 11 is 0. The van der Waals surface area contributed by atoms with Gasteiger partial charge >= 0.3 is 0 Å². The molecule has 58 valence electrons. The number of anilines is 1. The predicted molar refractivity (Wildman–Crippen MR) is 43.2 cm³/mol. The van der Waals surface area contributed by atoms with Crippen molar-refractivity contribution in [2.45, 2.75) is 19.4 Å². The van der Waals surface area contributed by atoms with E-state index in [1.54, 1.807) is 6.07 Å². The average Bonchev–Trinajstić information content (AvgIpc) is 2.27. The molecule has 2 rings (SSSR count). The molecule has 0 amide bonds. The molecule has 0 spiro atoms. The third-order valence-electron chi connectivity index (χ3n) is 2.00. The van der Waals surface area contributed by atoms with E-state index in [9.17, 15) is 4.39 Å². The minimum atomic E-state index is -0.162. The Balaban J connectivity index is 2.43. The van der Waals surface area contributed by atoms with Gasteiger partial charge in [0.15, 0.2) is 0 Å². The zero-order valence-electron chi connectivity index (χ0n) is 6.39. The molecule has 2 heteroatoms. The summed E-state index contributed by atoms with van der Waals surface area (Å²) in [6.45, 7) is 2.10. The Hall–Kier alpha value is -1.05. The summed E-state index contributed by atoms with van der Waals surface area (Å²) in [4.78, 5) is 0. The first-order valence-corrected chi connectivity index (χ1v) is 3.80. The van der Waals surface area contributed by atoms with Gasteiger partial charge in [0.2, 0.25) is 0 Å². The maximum atomic E-state index is 12.6. The molecule has 1 atom stereocenters. The highest BCUT2D eigenvalue weighted by atomic mass is 19.1. The summed E-state index contributed by atoms with van der Waals surface area (Å²) in [5.41, 5.74) is 2.18. The molecule has 0 unspecified atom stereocenters. The number of rotatable bonds is 0. The summed E-state index contributed by atoms with van der Waals surface area (Å²) in [6.07, 6.45) is 1.01. The fourth-order valence-corrected chi connectivity index (χ4v) is 1.51. The molecule has 0 aromatic heterocycles. The monoisotopic (exact) mass is 151 g/mol. The van der Waals surface area contributed by atoms with Gasteiger partial charge in [-0.2, -0.15) is 0 Å². The fourth-order valence-electron chi connectivity index (χ4n) is 1.51. The van der Waals surface area contributed by atoms with Crippen LogP contribution >= 0.6 is 0 Å². The van der Waals surface area contributed by atoms with Gasteiger partial charge < -0.3 is 5.32 Å². The van der Waals surface area contributed by atoms with Crippen molar-refractivity contribution in [3.63, 3.8) is 0 Å². The minimum Gasteiger partial charge on any atom is -0.382 e.